The molecule has 2 aromatic heterocycles. The van der Waals surface area contributed by atoms with E-state index in [4.69, 9.17) is 4.74 Å². The molecule has 1 atom stereocenters. The van der Waals surface area contributed by atoms with Crippen molar-refractivity contribution in [1.82, 2.24) is 9.55 Å². The number of nitrogens with zero attached hydrogens (tertiary/aromatic N) is 1. The lowest BCUT2D eigenvalue weighted by molar-refractivity contribution is -0.207. The Labute approximate surface area is 230 Å². The quantitative estimate of drug-likeness (QED) is 0.218. The molecule has 0 spiro atoms. The third-order valence-corrected chi connectivity index (χ3v) is 7.12. The fourth-order valence-corrected chi connectivity index (χ4v) is 4.93. The van der Waals surface area contributed by atoms with Gasteiger partial charge in [0.2, 0.25) is 0 Å². The Kier molecular flexibility index (Phi) is 9.91. The molecule has 0 aliphatic heterocycles. The van der Waals surface area contributed by atoms with Crippen LogP contribution in [0.15, 0.2) is 58.1 Å². The van der Waals surface area contributed by atoms with Gasteiger partial charge in [0.1, 0.15) is 17.1 Å². The summed E-state index contributed by atoms with van der Waals surface area (Å²) in [4.78, 5) is 27.2. The van der Waals surface area contributed by atoms with Crippen molar-refractivity contribution in [3.05, 3.63) is 86.1 Å². The molecule has 0 saturated heterocycles. The minimum Gasteiger partial charge on any atom is -0.489 e. The molecule has 2 heterocycles. The van der Waals surface area contributed by atoms with E-state index >= 15 is 0 Å². The predicted molar refractivity (Wildman–Crippen MR) is 145 cm³/mol. The molecule has 40 heavy (non-hydrogen) atoms. The number of aromatic amines is 1. The van der Waals surface area contributed by atoms with Gasteiger partial charge in [-0.3, -0.25) is 14.3 Å². The van der Waals surface area contributed by atoms with Crippen LogP contribution in [0.4, 0.5) is 22.0 Å². The van der Waals surface area contributed by atoms with Crippen LogP contribution >= 0.6 is 11.3 Å². The topological polar surface area (TPSA) is 84.3 Å². The van der Waals surface area contributed by atoms with E-state index in [0.717, 1.165) is 16.9 Å². The van der Waals surface area contributed by atoms with Gasteiger partial charge in [-0.25, -0.2) is 13.6 Å². The van der Waals surface area contributed by atoms with E-state index in [0.29, 0.717) is 26.3 Å². The number of hydrogen-bond donors (Lipinski definition) is 2. The second-order valence-corrected chi connectivity index (χ2v) is 10.0. The van der Waals surface area contributed by atoms with Crippen molar-refractivity contribution in [2.75, 3.05) is 0 Å². The van der Waals surface area contributed by atoms with Crippen LogP contribution in [0.1, 0.15) is 56.7 Å². The van der Waals surface area contributed by atoms with Gasteiger partial charge in [-0.05, 0) is 46.9 Å². The zero-order valence-corrected chi connectivity index (χ0v) is 23.0. The van der Waals surface area contributed by atoms with Crippen LogP contribution in [-0.2, 0) is 13.2 Å². The van der Waals surface area contributed by atoms with Gasteiger partial charge in [0.15, 0.2) is 6.10 Å². The van der Waals surface area contributed by atoms with Gasteiger partial charge in [0.05, 0.1) is 12.1 Å². The molecule has 0 saturated carbocycles. The highest BCUT2D eigenvalue weighted by molar-refractivity contribution is 7.22. The Balaban J connectivity index is 0.00000216. The summed E-state index contributed by atoms with van der Waals surface area (Å²) in [5, 5.41) is 9.49. The minimum atomic E-state index is -4.94. The molecule has 4 aromatic rings. The smallest absolute Gasteiger partial charge is 0.416 e. The standard InChI is InChI=1S/C26H23F5N2O4S.C2H6/c1-13(2)17-9-16(7-8-19(17)37-12-14-3-5-15(6-4-14)23(27)28)20-10-18-22(38-20)24(35)32-25(36)33(18)11-21(34)26(29,30)31;1-2/h3-10,13,21,23,34H,11-12H2,1-2H3,(H,32,35,36);1-2H3. The molecular weight excluding hydrogens is 555 g/mol. The molecule has 2 N–H and O–H groups in total. The van der Waals surface area contributed by atoms with Crippen molar-refractivity contribution in [3.63, 3.8) is 0 Å². The van der Waals surface area contributed by atoms with Crippen molar-refractivity contribution in [3.8, 4) is 16.2 Å². The van der Waals surface area contributed by atoms with Crippen LogP contribution < -0.4 is 16.0 Å². The van der Waals surface area contributed by atoms with Crippen LogP contribution in [0.5, 0.6) is 5.75 Å². The van der Waals surface area contributed by atoms with E-state index in [1.165, 1.54) is 18.2 Å². The van der Waals surface area contributed by atoms with Gasteiger partial charge >= 0.3 is 11.9 Å². The van der Waals surface area contributed by atoms with Crippen molar-refractivity contribution < 1.29 is 31.8 Å². The summed E-state index contributed by atoms with van der Waals surface area (Å²) in [5.41, 5.74) is 0.281. The number of alkyl halides is 5. The van der Waals surface area contributed by atoms with Crippen molar-refractivity contribution in [2.45, 2.75) is 65.5 Å². The summed E-state index contributed by atoms with van der Waals surface area (Å²) in [6.45, 7) is 6.97. The first kappa shape index (κ1) is 31.0. The number of hydrogen-bond acceptors (Lipinski definition) is 5. The van der Waals surface area contributed by atoms with Crippen molar-refractivity contribution in [1.29, 1.82) is 0 Å². The van der Waals surface area contributed by atoms with E-state index in [9.17, 15) is 36.6 Å². The molecule has 12 heteroatoms. The van der Waals surface area contributed by atoms with Crippen LogP contribution in [0, 0.1) is 0 Å². The average molecular weight is 585 g/mol. The fourth-order valence-electron chi connectivity index (χ4n) is 3.88. The molecule has 0 fully saturated rings. The maximum atomic E-state index is 12.9. The van der Waals surface area contributed by atoms with Crippen molar-refractivity contribution in [2.24, 2.45) is 0 Å². The minimum absolute atomic E-state index is 0.00375. The Hall–Kier alpha value is -3.51. The third-order valence-electron chi connectivity index (χ3n) is 5.95. The molecule has 0 amide bonds. The summed E-state index contributed by atoms with van der Waals surface area (Å²) in [7, 11) is 0. The van der Waals surface area contributed by atoms with Crippen LogP contribution in [0.3, 0.4) is 0 Å². The first-order chi connectivity index (χ1) is 18.8. The van der Waals surface area contributed by atoms with E-state index < -0.39 is 36.5 Å². The number of thiophene rings is 1. The molecular formula is C28H29F5N2O4S. The first-order valence-electron chi connectivity index (χ1n) is 12.5. The molecule has 0 radical (unpaired) electrons. The molecule has 2 aromatic carbocycles. The number of aromatic nitrogens is 2. The number of aliphatic hydroxyl groups is 1. The number of ether oxygens (including phenoxy) is 1. The van der Waals surface area contributed by atoms with E-state index in [2.05, 4.69) is 0 Å². The Morgan fingerprint density at radius 2 is 1.68 bits per heavy atom. The Morgan fingerprint density at radius 1 is 1.02 bits per heavy atom. The highest BCUT2D eigenvalue weighted by Crippen LogP contribution is 2.37. The number of benzene rings is 2. The summed E-state index contributed by atoms with van der Waals surface area (Å²) < 4.78 is 71.0. The van der Waals surface area contributed by atoms with Gasteiger partial charge < -0.3 is 9.84 Å². The van der Waals surface area contributed by atoms with E-state index in [1.807, 2.05) is 38.7 Å². The number of rotatable bonds is 8. The van der Waals surface area contributed by atoms with Crippen LogP contribution in [0.2, 0.25) is 0 Å². The molecule has 0 bridgehead atoms. The zero-order chi connectivity index (χ0) is 29.8. The summed E-state index contributed by atoms with van der Waals surface area (Å²) in [5.74, 6) is 0.565. The lowest BCUT2D eigenvalue weighted by Gasteiger charge is -2.16. The van der Waals surface area contributed by atoms with E-state index in [1.54, 1.807) is 24.3 Å². The van der Waals surface area contributed by atoms with Crippen LogP contribution in [-0.4, -0.2) is 26.9 Å². The lowest BCUT2D eigenvalue weighted by Crippen LogP contribution is -2.38. The second kappa shape index (κ2) is 12.8. The third kappa shape index (κ3) is 6.97. The van der Waals surface area contributed by atoms with Gasteiger partial charge in [-0.1, -0.05) is 52.0 Å². The van der Waals surface area contributed by atoms with Gasteiger partial charge in [0.25, 0.3) is 12.0 Å². The largest absolute Gasteiger partial charge is 0.489 e. The number of fused-ring (bicyclic) bond motifs is 1. The average Bonchev–Trinajstić information content (AvgIpc) is 3.36. The first-order valence-corrected chi connectivity index (χ1v) is 13.3. The Morgan fingerprint density at radius 3 is 2.25 bits per heavy atom. The SMILES string of the molecule is CC.CC(C)c1cc(-c2cc3c(s2)c(=O)[nH]c(=O)n3CC(O)C(F)(F)F)ccc1OCc1ccc(C(F)F)cc1. The number of H-pyrrole nitrogens is 1. The van der Waals surface area contributed by atoms with Gasteiger partial charge in [-0.15, -0.1) is 11.3 Å². The monoisotopic (exact) mass is 584 g/mol. The predicted octanol–water partition coefficient (Wildman–Crippen LogP) is 7.01. The zero-order valence-electron chi connectivity index (χ0n) is 22.2. The summed E-state index contributed by atoms with van der Waals surface area (Å²) in [6, 6.07) is 12.5. The normalized spacial score (nSPS) is 12.5. The molecule has 4 rings (SSSR count). The lowest BCUT2D eigenvalue weighted by atomic mass is 9.99. The number of aliphatic hydroxyl groups excluding tert-OH is 1. The molecule has 6 nitrogen and oxygen atoms in total. The molecule has 0 aliphatic carbocycles. The molecule has 1 unspecified atom stereocenters. The van der Waals surface area contributed by atoms with Crippen molar-refractivity contribution >= 4 is 21.6 Å². The van der Waals surface area contributed by atoms with Crippen LogP contribution in [0.25, 0.3) is 20.7 Å². The van der Waals surface area contributed by atoms with Gasteiger partial charge in [0, 0.05) is 10.4 Å². The highest BCUT2D eigenvalue weighted by atomic mass is 32.1. The summed E-state index contributed by atoms with van der Waals surface area (Å²) in [6.07, 6.45) is -10.3. The highest BCUT2D eigenvalue weighted by Gasteiger charge is 2.39. The van der Waals surface area contributed by atoms with E-state index in [-0.39, 0.29) is 28.3 Å². The van der Waals surface area contributed by atoms with Gasteiger partial charge in [-0.2, -0.15) is 13.2 Å². The number of halogens is 5. The number of nitrogens with one attached hydrogen (secondary N) is 1. The Bertz CT molecular complexity index is 1560. The summed E-state index contributed by atoms with van der Waals surface area (Å²) >= 11 is 1.01. The maximum absolute atomic E-state index is 12.9. The maximum Gasteiger partial charge on any atom is 0.416 e. The fraction of sp³-hybridized carbons (Fsp3) is 0.357. The molecule has 216 valence electrons. The second-order valence-electron chi connectivity index (χ2n) is 8.99. The molecule has 0 aliphatic rings.